The molecule has 0 radical (unpaired) electrons. The van der Waals surface area contributed by atoms with Gasteiger partial charge in [0.15, 0.2) is 0 Å². The number of rotatable bonds is 13. The molecule has 4 atom stereocenters. The van der Waals surface area contributed by atoms with E-state index in [9.17, 15) is 24.0 Å². The Kier molecular flexibility index (Phi) is 29.5. The van der Waals surface area contributed by atoms with Crippen LogP contribution >= 0.6 is 0 Å². The van der Waals surface area contributed by atoms with E-state index in [-0.39, 0.29) is 25.0 Å². The van der Waals surface area contributed by atoms with Gasteiger partial charge in [-0.05, 0) is 56.8 Å². The molecule has 0 amide bonds. The number of phenolic OH excluding ortho intramolecular Hbond substituents is 1. The molecule has 0 aliphatic rings. The molecule has 0 saturated carbocycles. The lowest BCUT2D eigenvalue weighted by atomic mass is 10.1. The first-order valence-corrected chi connectivity index (χ1v) is 12.5. The number of nitrogens with two attached hydrogens (primary N) is 5. The van der Waals surface area contributed by atoms with Gasteiger partial charge in [-0.1, -0.05) is 18.6 Å². The van der Waals surface area contributed by atoms with Crippen molar-refractivity contribution in [2.75, 3.05) is 6.54 Å². The van der Waals surface area contributed by atoms with Crippen molar-refractivity contribution >= 4 is 35.8 Å². The highest BCUT2D eigenvalue weighted by Gasteiger charge is 2.13. The molecule has 1 aromatic rings. The number of phenols is 1. The molecule has 0 aliphatic heterocycles. The molecule has 0 saturated heterocycles. The Labute approximate surface area is 248 Å². The fourth-order valence-corrected chi connectivity index (χ4v) is 2.01. The molecule has 0 heterocycles. The van der Waals surface area contributed by atoms with E-state index in [1.807, 2.05) is 0 Å². The first-order valence-electron chi connectivity index (χ1n) is 12.5. The summed E-state index contributed by atoms with van der Waals surface area (Å²) in [5, 5.41) is 57.4. The van der Waals surface area contributed by atoms with Gasteiger partial charge in [-0.3, -0.25) is 28.8 Å². The number of unbranched alkanes of at least 4 members (excludes halogenated alkanes) is 1. The molecule has 18 nitrogen and oxygen atoms in total. The Balaban J connectivity index is -0.000000232. The maximum atomic E-state index is 10.4. The van der Waals surface area contributed by atoms with Crippen LogP contribution in [0.3, 0.4) is 0 Å². The van der Waals surface area contributed by atoms with Crippen LogP contribution in [0.15, 0.2) is 24.3 Å². The fraction of sp³-hybridized carbons (Fsp3) is 0.520. The molecule has 0 spiro atoms. The molecule has 0 aromatic heterocycles. The minimum atomic E-state index is -1.17. The van der Waals surface area contributed by atoms with Gasteiger partial charge in [-0.25, -0.2) is 0 Å². The summed E-state index contributed by atoms with van der Waals surface area (Å²) in [4.78, 5) is 59.0. The van der Waals surface area contributed by atoms with Crippen LogP contribution in [0.25, 0.3) is 0 Å². The van der Waals surface area contributed by atoms with Gasteiger partial charge < -0.3 is 64.4 Å². The first kappa shape index (κ1) is 45.6. The number of aromatic hydroxyl groups is 1. The van der Waals surface area contributed by atoms with Crippen molar-refractivity contribution in [3.8, 4) is 5.75 Å². The lowest BCUT2D eigenvalue weighted by Gasteiger charge is -2.05. The van der Waals surface area contributed by atoms with Crippen molar-refractivity contribution in [2.45, 2.75) is 76.5 Å². The van der Waals surface area contributed by atoms with Crippen molar-refractivity contribution in [1.82, 2.24) is 0 Å². The smallest absolute Gasteiger partial charge is 0.320 e. The molecule has 248 valence electrons. The van der Waals surface area contributed by atoms with Crippen molar-refractivity contribution in [1.29, 1.82) is 0 Å². The zero-order valence-corrected chi connectivity index (χ0v) is 24.0. The maximum absolute atomic E-state index is 10.4. The molecule has 1 aromatic carbocycles. The molecule has 0 aliphatic carbocycles. The molecular formula is C25H45N5O13. The SMILES string of the molecule is CC(=O)O.C[C@H](N)C(=O)O.NC(Cc1ccc(O)cc1)C(=O)O.NCCCC[C@H](N)C(=O)O.N[C@@H](CCC(=O)O)C(=O)O. The van der Waals surface area contributed by atoms with E-state index in [1.54, 1.807) is 12.1 Å². The van der Waals surface area contributed by atoms with Crippen molar-refractivity contribution in [3.63, 3.8) is 0 Å². The number of carbonyl (C=O) groups is 6. The van der Waals surface area contributed by atoms with Crippen LogP contribution in [-0.4, -0.2) is 102 Å². The van der Waals surface area contributed by atoms with Crippen LogP contribution in [0.5, 0.6) is 5.75 Å². The largest absolute Gasteiger partial charge is 0.508 e. The average molecular weight is 624 g/mol. The van der Waals surface area contributed by atoms with Crippen LogP contribution in [-0.2, 0) is 35.2 Å². The minimum absolute atomic E-state index is 0.0231. The number of carboxylic acids is 6. The minimum Gasteiger partial charge on any atom is -0.508 e. The van der Waals surface area contributed by atoms with Crippen LogP contribution in [0.1, 0.15) is 51.5 Å². The Morgan fingerprint density at radius 3 is 1.35 bits per heavy atom. The van der Waals surface area contributed by atoms with Gasteiger partial charge in [-0.2, -0.15) is 0 Å². The summed E-state index contributed by atoms with van der Waals surface area (Å²) in [6.45, 7) is 3.11. The molecule has 17 N–H and O–H groups in total. The number of hydrogen-bond donors (Lipinski definition) is 12. The van der Waals surface area contributed by atoms with Gasteiger partial charge in [0, 0.05) is 13.3 Å². The zero-order chi connectivity index (χ0) is 34.7. The number of benzene rings is 1. The van der Waals surface area contributed by atoms with Crippen LogP contribution in [0, 0.1) is 0 Å². The van der Waals surface area contributed by atoms with E-state index in [1.165, 1.54) is 19.1 Å². The topological polar surface area (TPSA) is 374 Å². The van der Waals surface area contributed by atoms with E-state index >= 15 is 0 Å². The van der Waals surface area contributed by atoms with Crippen LogP contribution in [0.2, 0.25) is 0 Å². The van der Waals surface area contributed by atoms with Gasteiger partial charge in [0.1, 0.15) is 29.9 Å². The molecule has 0 fully saturated rings. The third-order valence-corrected chi connectivity index (χ3v) is 4.37. The summed E-state index contributed by atoms with van der Waals surface area (Å²) in [6.07, 6.45) is 2.21. The lowest BCUT2D eigenvalue weighted by molar-refractivity contribution is -0.141. The van der Waals surface area contributed by atoms with Gasteiger partial charge in [0.05, 0.1) is 0 Å². The summed E-state index contributed by atoms with van der Waals surface area (Å²) < 4.78 is 0. The number of hydrogen-bond acceptors (Lipinski definition) is 12. The fourth-order valence-electron chi connectivity index (χ4n) is 2.01. The standard InChI is InChI=1S/C9H11NO3.C6H14N2O2.C5H9NO4.C3H7NO2.C2H4O2/c10-8(9(12)13)5-6-1-3-7(11)4-2-6;7-4-2-1-3-5(8)6(9)10;6-3(5(9)10)1-2-4(7)8;1-2(4)3(5)6;1-2(3)4/h1-4,8,11H,5,10H2,(H,12,13);5H,1-4,7-8H2,(H,9,10);3H,1-2,6H2,(H,7,8)(H,9,10);2H,4H2,1H3,(H,5,6);1H3,(H,3,4)/t;5-;3-;2-;/m.000./s1. The van der Waals surface area contributed by atoms with Gasteiger partial charge in [0.2, 0.25) is 0 Å². The molecule has 1 unspecified atom stereocenters. The summed E-state index contributed by atoms with van der Waals surface area (Å²) >= 11 is 0. The molecule has 0 bridgehead atoms. The quantitative estimate of drug-likeness (QED) is 0.113. The average Bonchev–Trinajstić information content (AvgIpc) is 2.89. The third kappa shape index (κ3) is 37.6. The van der Waals surface area contributed by atoms with Crippen molar-refractivity contribution in [2.24, 2.45) is 28.7 Å². The second-order valence-corrected chi connectivity index (χ2v) is 8.57. The maximum Gasteiger partial charge on any atom is 0.320 e. The second kappa shape index (κ2) is 27.8. The van der Waals surface area contributed by atoms with E-state index in [0.717, 1.165) is 25.3 Å². The van der Waals surface area contributed by atoms with Gasteiger partial charge >= 0.3 is 29.8 Å². The normalized spacial score (nSPS) is 12.2. The molecule has 1 rings (SSSR count). The zero-order valence-electron chi connectivity index (χ0n) is 24.0. The van der Waals surface area contributed by atoms with E-state index in [2.05, 4.69) is 0 Å². The Hall–Kier alpha value is -4.36. The van der Waals surface area contributed by atoms with E-state index < -0.39 is 60.0 Å². The third-order valence-electron chi connectivity index (χ3n) is 4.37. The lowest BCUT2D eigenvalue weighted by Crippen LogP contribution is -2.32. The predicted octanol–water partition coefficient (Wildman–Crippen LogP) is -1.35. The van der Waals surface area contributed by atoms with Crippen molar-refractivity contribution < 1.29 is 64.5 Å². The van der Waals surface area contributed by atoms with Crippen LogP contribution in [0.4, 0.5) is 0 Å². The molecular weight excluding hydrogens is 578 g/mol. The van der Waals surface area contributed by atoms with Crippen molar-refractivity contribution in [3.05, 3.63) is 29.8 Å². The monoisotopic (exact) mass is 623 g/mol. The summed E-state index contributed by atoms with van der Waals surface area (Å²) in [5.74, 6) is -5.79. The Bertz CT molecular complexity index is 955. The number of carboxylic acid groups (broad SMARTS) is 6. The van der Waals surface area contributed by atoms with E-state index in [0.29, 0.717) is 13.0 Å². The van der Waals surface area contributed by atoms with E-state index in [4.69, 9.17) is 69.2 Å². The Morgan fingerprint density at radius 2 is 1.05 bits per heavy atom. The summed E-state index contributed by atoms with van der Waals surface area (Å²) in [7, 11) is 0. The predicted molar refractivity (Wildman–Crippen MR) is 153 cm³/mol. The molecule has 43 heavy (non-hydrogen) atoms. The highest BCUT2D eigenvalue weighted by Crippen LogP contribution is 2.10. The second-order valence-electron chi connectivity index (χ2n) is 8.57. The highest BCUT2D eigenvalue weighted by molar-refractivity contribution is 5.75. The first-order chi connectivity index (χ1) is 19.7. The van der Waals surface area contributed by atoms with Gasteiger partial charge in [0.25, 0.3) is 5.97 Å². The Morgan fingerprint density at radius 1 is 0.674 bits per heavy atom. The highest BCUT2D eigenvalue weighted by atomic mass is 16.4. The summed E-state index contributed by atoms with van der Waals surface area (Å²) in [5.41, 5.74) is 26.4. The summed E-state index contributed by atoms with van der Waals surface area (Å²) in [6, 6.07) is 2.92. The van der Waals surface area contributed by atoms with Gasteiger partial charge in [-0.15, -0.1) is 0 Å². The molecule has 18 heteroatoms. The van der Waals surface area contributed by atoms with Crippen LogP contribution < -0.4 is 28.7 Å². The number of aliphatic carboxylic acids is 6.